The average Bonchev–Trinajstić information content (AvgIpc) is 3.15. The maximum atomic E-state index is 15.7. The highest BCUT2D eigenvalue weighted by Crippen LogP contribution is 2.33. The van der Waals surface area contributed by atoms with Gasteiger partial charge < -0.3 is 5.32 Å². The Bertz CT molecular complexity index is 1290. The molecule has 4 rings (SSSR count). The fraction of sp³-hybridized carbons (Fsp3) is 0.0870. The molecule has 150 valence electrons. The lowest BCUT2D eigenvalue weighted by Gasteiger charge is -2.10. The highest BCUT2D eigenvalue weighted by Gasteiger charge is 2.25. The monoisotopic (exact) mass is 405 g/mol. The van der Waals surface area contributed by atoms with Crippen LogP contribution in [0.1, 0.15) is 26.3 Å². The van der Waals surface area contributed by atoms with Crippen molar-refractivity contribution in [3.8, 4) is 22.4 Å². The van der Waals surface area contributed by atoms with E-state index in [-0.39, 0.29) is 22.3 Å². The maximum absolute atomic E-state index is 15.7. The maximum Gasteiger partial charge on any atom is 0.255 e. The summed E-state index contributed by atoms with van der Waals surface area (Å²) in [5.74, 6) is -1.58. The number of carbonyl (C=O) groups is 2. The molecule has 0 radical (unpaired) electrons. The van der Waals surface area contributed by atoms with Crippen molar-refractivity contribution >= 4 is 17.7 Å². The van der Waals surface area contributed by atoms with E-state index in [1.165, 1.54) is 35.8 Å². The van der Waals surface area contributed by atoms with Crippen LogP contribution in [0.2, 0.25) is 0 Å². The van der Waals surface area contributed by atoms with Crippen LogP contribution in [0.5, 0.6) is 0 Å². The lowest BCUT2D eigenvalue weighted by atomic mass is 9.97. The minimum Gasteiger partial charge on any atom is -0.355 e. The third-order valence-corrected chi connectivity index (χ3v) is 5.00. The van der Waals surface area contributed by atoms with Gasteiger partial charge in [0.25, 0.3) is 5.91 Å². The van der Waals surface area contributed by atoms with Crippen molar-refractivity contribution in [2.75, 3.05) is 7.05 Å². The third kappa shape index (κ3) is 3.14. The molecule has 5 nitrogen and oxygen atoms in total. The van der Waals surface area contributed by atoms with Crippen molar-refractivity contribution in [2.45, 2.75) is 6.92 Å². The molecule has 2 aromatic carbocycles. The highest BCUT2D eigenvalue weighted by atomic mass is 19.1. The van der Waals surface area contributed by atoms with Gasteiger partial charge in [0.05, 0.1) is 5.56 Å². The summed E-state index contributed by atoms with van der Waals surface area (Å²) in [5, 5.41) is 6.89. The molecule has 2 heterocycles. The van der Waals surface area contributed by atoms with Crippen molar-refractivity contribution < 1.29 is 18.4 Å². The minimum atomic E-state index is -0.636. The third-order valence-electron chi connectivity index (χ3n) is 5.00. The second kappa shape index (κ2) is 7.51. The van der Waals surface area contributed by atoms with Crippen LogP contribution in [0, 0.1) is 18.6 Å². The first-order valence-corrected chi connectivity index (χ1v) is 9.19. The molecule has 0 saturated carbocycles. The van der Waals surface area contributed by atoms with Gasteiger partial charge in [-0.05, 0) is 54.4 Å². The molecular weight excluding hydrogens is 388 g/mol. The molecule has 0 fully saturated rings. The number of aromatic nitrogens is 2. The zero-order chi connectivity index (χ0) is 21.4. The summed E-state index contributed by atoms with van der Waals surface area (Å²) in [6.45, 7) is 1.81. The normalized spacial score (nSPS) is 10.9. The molecule has 0 aliphatic heterocycles. The van der Waals surface area contributed by atoms with E-state index in [2.05, 4.69) is 10.4 Å². The van der Waals surface area contributed by atoms with Crippen LogP contribution < -0.4 is 5.32 Å². The Kier molecular flexibility index (Phi) is 4.87. The van der Waals surface area contributed by atoms with Gasteiger partial charge in [-0.25, -0.2) is 13.3 Å². The number of carbonyl (C=O) groups excluding carboxylic acids is 2. The molecule has 0 aliphatic carbocycles. The largest absolute Gasteiger partial charge is 0.355 e. The number of aldehydes is 1. The van der Waals surface area contributed by atoms with Gasteiger partial charge in [0.1, 0.15) is 23.3 Å². The van der Waals surface area contributed by atoms with Crippen molar-refractivity contribution in [3.05, 3.63) is 83.1 Å². The molecule has 0 spiro atoms. The number of nitrogens with zero attached hydrogens (tertiary/aromatic N) is 2. The molecule has 1 amide bonds. The number of aryl methyl sites for hydroxylation is 1. The number of fused-ring (bicyclic) bond motifs is 1. The van der Waals surface area contributed by atoms with E-state index in [0.717, 1.165) is 5.56 Å². The summed E-state index contributed by atoms with van der Waals surface area (Å²) in [6, 6.07) is 12.0. The molecule has 4 aromatic rings. The molecular formula is C23H17F2N3O2. The zero-order valence-electron chi connectivity index (χ0n) is 16.2. The van der Waals surface area contributed by atoms with Crippen LogP contribution in [-0.4, -0.2) is 28.9 Å². The lowest BCUT2D eigenvalue weighted by Crippen LogP contribution is -2.18. The summed E-state index contributed by atoms with van der Waals surface area (Å²) in [7, 11) is 1.44. The first-order chi connectivity index (χ1) is 14.4. The van der Waals surface area contributed by atoms with E-state index < -0.39 is 17.5 Å². The van der Waals surface area contributed by atoms with E-state index in [1.54, 1.807) is 30.5 Å². The van der Waals surface area contributed by atoms with Gasteiger partial charge in [0.2, 0.25) is 0 Å². The van der Waals surface area contributed by atoms with Crippen molar-refractivity contribution in [1.29, 1.82) is 0 Å². The van der Waals surface area contributed by atoms with Crippen LogP contribution in [0.25, 0.3) is 27.9 Å². The van der Waals surface area contributed by atoms with Gasteiger partial charge in [0, 0.05) is 29.9 Å². The van der Waals surface area contributed by atoms with Gasteiger partial charge in [-0.15, -0.1) is 0 Å². The summed E-state index contributed by atoms with van der Waals surface area (Å²) in [6.07, 6.45) is 2.25. The van der Waals surface area contributed by atoms with Crippen LogP contribution in [0.15, 0.2) is 54.7 Å². The SMILES string of the molecule is CNC(=O)c1c(-c2ccc(F)cc2)nn2ccc(-c3cc(C=O)ccc3C)c(F)c12. The Hall–Kier alpha value is -3.87. The summed E-state index contributed by atoms with van der Waals surface area (Å²) in [4.78, 5) is 23.8. The number of hydrogen-bond acceptors (Lipinski definition) is 3. The highest BCUT2D eigenvalue weighted by molar-refractivity contribution is 6.07. The Morgan fingerprint density at radius 1 is 1.07 bits per heavy atom. The van der Waals surface area contributed by atoms with Crippen molar-refractivity contribution in [1.82, 2.24) is 14.9 Å². The van der Waals surface area contributed by atoms with Crippen molar-refractivity contribution in [3.63, 3.8) is 0 Å². The van der Waals surface area contributed by atoms with E-state index >= 15 is 4.39 Å². The number of halogens is 2. The number of amides is 1. The number of pyridine rings is 1. The average molecular weight is 405 g/mol. The molecule has 0 bridgehead atoms. The van der Waals surface area contributed by atoms with Gasteiger partial charge in [0.15, 0.2) is 5.82 Å². The van der Waals surface area contributed by atoms with Gasteiger partial charge in [-0.1, -0.05) is 12.1 Å². The quantitative estimate of drug-likeness (QED) is 0.511. The fourth-order valence-electron chi connectivity index (χ4n) is 3.46. The zero-order valence-corrected chi connectivity index (χ0v) is 16.2. The number of hydrogen-bond donors (Lipinski definition) is 1. The first kappa shape index (κ1) is 19.4. The number of benzene rings is 2. The van der Waals surface area contributed by atoms with Crippen LogP contribution in [-0.2, 0) is 0 Å². The van der Waals surface area contributed by atoms with E-state index in [0.29, 0.717) is 23.0 Å². The molecule has 7 heteroatoms. The lowest BCUT2D eigenvalue weighted by molar-refractivity contribution is 0.0964. The predicted octanol–water partition coefficient (Wildman–Crippen LogP) is 4.43. The molecule has 0 unspecified atom stereocenters. The van der Waals surface area contributed by atoms with Crippen LogP contribution >= 0.6 is 0 Å². The molecule has 2 aromatic heterocycles. The van der Waals surface area contributed by atoms with E-state index in [4.69, 9.17) is 0 Å². The smallest absolute Gasteiger partial charge is 0.255 e. The number of rotatable bonds is 4. The second-order valence-corrected chi connectivity index (χ2v) is 6.84. The first-order valence-electron chi connectivity index (χ1n) is 9.19. The Labute approximate surface area is 171 Å². The van der Waals surface area contributed by atoms with Crippen molar-refractivity contribution in [2.24, 2.45) is 0 Å². The Balaban J connectivity index is 2.03. The molecule has 0 atom stereocenters. The number of nitrogens with one attached hydrogen (secondary N) is 1. The standard InChI is InChI=1S/C23H17F2N3O2/c1-13-3-4-14(12-29)11-18(13)17-9-10-28-22(20(17)25)19(23(30)26-2)21(27-28)15-5-7-16(24)8-6-15/h3-12H,1-2H3,(H,26,30). The second-order valence-electron chi connectivity index (χ2n) is 6.84. The van der Waals surface area contributed by atoms with Crippen LogP contribution in [0.3, 0.4) is 0 Å². The minimum absolute atomic E-state index is 0.00193. The summed E-state index contributed by atoms with van der Waals surface area (Å²) in [5.41, 5.74) is 2.77. The Morgan fingerprint density at radius 2 is 1.80 bits per heavy atom. The fourth-order valence-corrected chi connectivity index (χ4v) is 3.46. The molecule has 30 heavy (non-hydrogen) atoms. The van der Waals surface area contributed by atoms with Gasteiger partial charge in [-0.2, -0.15) is 5.10 Å². The van der Waals surface area contributed by atoms with Crippen LogP contribution in [0.4, 0.5) is 8.78 Å². The molecule has 0 aliphatic rings. The van der Waals surface area contributed by atoms with E-state index in [9.17, 15) is 14.0 Å². The van der Waals surface area contributed by atoms with Gasteiger partial charge in [-0.3, -0.25) is 9.59 Å². The van der Waals surface area contributed by atoms with Gasteiger partial charge >= 0.3 is 0 Å². The molecule has 1 N–H and O–H groups in total. The van der Waals surface area contributed by atoms with E-state index in [1.807, 2.05) is 6.92 Å². The molecule has 0 saturated heterocycles. The Morgan fingerprint density at radius 3 is 2.47 bits per heavy atom. The summed E-state index contributed by atoms with van der Waals surface area (Å²) < 4.78 is 30.4. The predicted molar refractivity (Wildman–Crippen MR) is 109 cm³/mol. The topological polar surface area (TPSA) is 63.5 Å². The summed E-state index contributed by atoms with van der Waals surface area (Å²) >= 11 is 0.